The van der Waals surface area contributed by atoms with Gasteiger partial charge in [0.05, 0.1) is 6.54 Å². The molecular weight excluding hydrogens is 353 g/mol. The molecule has 0 aliphatic carbocycles. The Kier molecular flexibility index (Phi) is 4.29. The Labute approximate surface area is 153 Å². The number of benzene rings is 2. The molecule has 136 valence electrons. The lowest BCUT2D eigenvalue weighted by molar-refractivity contribution is 0.102. The van der Waals surface area contributed by atoms with Crippen molar-refractivity contribution >= 4 is 11.6 Å². The molecule has 0 spiro atoms. The van der Waals surface area contributed by atoms with Crippen LogP contribution in [0.4, 0.5) is 10.1 Å². The summed E-state index contributed by atoms with van der Waals surface area (Å²) in [6, 6.07) is 13.5. The van der Waals surface area contributed by atoms with E-state index in [0.717, 1.165) is 4.68 Å². The molecule has 0 saturated heterocycles. The summed E-state index contributed by atoms with van der Waals surface area (Å²) in [5.41, 5.74) is 0.745. The van der Waals surface area contributed by atoms with Crippen molar-refractivity contribution in [2.45, 2.75) is 6.54 Å². The van der Waals surface area contributed by atoms with Gasteiger partial charge in [-0.15, -0.1) is 0 Å². The van der Waals surface area contributed by atoms with Gasteiger partial charge in [0.15, 0.2) is 11.5 Å². The van der Waals surface area contributed by atoms with Gasteiger partial charge >= 0.3 is 0 Å². The minimum atomic E-state index is -0.484. The minimum absolute atomic E-state index is 0.0573. The Morgan fingerprint density at radius 1 is 1.11 bits per heavy atom. The summed E-state index contributed by atoms with van der Waals surface area (Å²) in [7, 11) is 0. The fourth-order valence-electron chi connectivity index (χ4n) is 2.66. The fourth-order valence-corrected chi connectivity index (χ4v) is 2.66. The van der Waals surface area contributed by atoms with Gasteiger partial charge in [-0.1, -0.05) is 12.1 Å². The van der Waals surface area contributed by atoms with Gasteiger partial charge in [-0.25, -0.2) is 9.07 Å². The average molecular weight is 367 g/mol. The van der Waals surface area contributed by atoms with Crippen molar-refractivity contribution in [1.82, 2.24) is 9.78 Å². The van der Waals surface area contributed by atoms with Crippen LogP contribution in [0.25, 0.3) is 0 Å². The lowest BCUT2D eigenvalue weighted by atomic mass is 10.2. The highest BCUT2D eigenvalue weighted by Gasteiger charge is 2.16. The molecule has 1 aromatic heterocycles. The number of hydrogen-bond acceptors (Lipinski definition) is 5. The molecule has 8 heteroatoms. The number of amides is 1. The number of nitrogens with zero attached hydrogens (tertiary/aromatic N) is 2. The van der Waals surface area contributed by atoms with Gasteiger partial charge in [-0.3, -0.25) is 9.59 Å². The normalized spacial score (nSPS) is 12.0. The number of carbonyl (C=O) groups excluding carboxylic acids is 1. The smallest absolute Gasteiger partial charge is 0.276 e. The van der Waals surface area contributed by atoms with Crippen molar-refractivity contribution in [2.75, 3.05) is 12.1 Å². The zero-order valence-electron chi connectivity index (χ0n) is 14.0. The molecule has 27 heavy (non-hydrogen) atoms. The summed E-state index contributed by atoms with van der Waals surface area (Å²) < 4.78 is 24.9. The highest BCUT2D eigenvalue weighted by molar-refractivity contribution is 6.02. The highest BCUT2D eigenvalue weighted by Crippen LogP contribution is 2.34. The third-order valence-electron chi connectivity index (χ3n) is 3.95. The van der Waals surface area contributed by atoms with Crippen LogP contribution in [-0.4, -0.2) is 22.5 Å². The monoisotopic (exact) mass is 367 g/mol. The van der Waals surface area contributed by atoms with Crippen LogP contribution in [0.2, 0.25) is 0 Å². The quantitative estimate of drug-likeness (QED) is 0.766. The van der Waals surface area contributed by atoms with E-state index in [1.54, 1.807) is 30.3 Å². The second-order valence-electron chi connectivity index (χ2n) is 5.87. The van der Waals surface area contributed by atoms with Crippen LogP contribution in [0.15, 0.2) is 59.4 Å². The predicted molar refractivity (Wildman–Crippen MR) is 94.5 cm³/mol. The Morgan fingerprint density at radius 2 is 1.96 bits per heavy atom. The van der Waals surface area contributed by atoms with E-state index in [1.165, 1.54) is 24.3 Å². The van der Waals surface area contributed by atoms with Crippen LogP contribution in [0.5, 0.6) is 11.5 Å². The zero-order chi connectivity index (χ0) is 18.8. The van der Waals surface area contributed by atoms with Crippen molar-refractivity contribution in [2.24, 2.45) is 0 Å². The number of aromatic nitrogens is 2. The maximum absolute atomic E-state index is 13.3. The average Bonchev–Trinajstić information content (AvgIpc) is 3.11. The molecule has 0 saturated carbocycles. The Bertz CT molecular complexity index is 1080. The Balaban J connectivity index is 1.55. The number of halogens is 1. The summed E-state index contributed by atoms with van der Waals surface area (Å²) in [6.07, 6.45) is 0. The van der Waals surface area contributed by atoms with Crippen LogP contribution >= 0.6 is 0 Å². The van der Waals surface area contributed by atoms with Crippen LogP contribution in [0.1, 0.15) is 16.1 Å². The van der Waals surface area contributed by atoms with E-state index in [-0.39, 0.29) is 24.6 Å². The Hall–Kier alpha value is -3.68. The Morgan fingerprint density at radius 3 is 2.81 bits per heavy atom. The highest BCUT2D eigenvalue weighted by atomic mass is 19.1. The molecule has 2 heterocycles. The molecule has 3 aromatic rings. The number of ether oxygens (including phenoxy) is 2. The van der Waals surface area contributed by atoms with Crippen LogP contribution < -0.4 is 20.3 Å². The number of hydrogen-bond donors (Lipinski definition) is 1. The van der Waals surface area contributed by atoms with Gasteiger partial charge in [-0.2, -0.15) is 5.10 Å². The van der Waals surface area contributed by atoms with Gasteiger partial charge in [0, 0.05) is 17.8 Å². The van der Waals surface area contributed by atoms with Gasteiger partial charge in [-0.05, 0) is 35.9 Å². The van der Waals surface area contributed by atoms with E-state index in [9.17, 15) is 14.0 Å². The molecule has 0 atom stereocenters. The first-order valence-electron chi connectivity index (χ1n) is 8.12. The molecule has 1 amide bonds. The second kappa shape index (κ2) is 6.91. The molecule has 1 aliphatic heterocycles. The SMILES string of the molecule is O=C(Nc1ccc2c(c1)OCO2)c1ccc(=O)n(Cc2cccc(F)c2)n1. The first-order valence-corrected chi connectivity index (χ1v) is 8.12. The van der Waals surface area contributed by atoms with E-state index in [2.05, 4.69) is 10.4 Å². The largest absolute Gasteiger partial charge is 0.454 e. The van der Waals surface area contributed by atoms with Crippen molar-refractivity contribution in [3.8, 4) is 11.5 Å². The van der Waals surface area contributed by atoms with E-state index >= 15 is 0 Å². The van der Waals surface area contributed by atoms with Crippen molar-refractivity contribution in [3.05, 3.63) is 82.0 Å². The van der Waals surface area contributed by atoms with E-state index in [4.69, 9.17) is 9.47 Å². The summed E-state index contributed by atoms with van der Waals surface area (Å²) in [5.74, 6) is 0.255. The maximum Gasteiger partial charge on any atom is 0.276 e. The second-order valence-corrected chi connectivity index (χ2v) is 5.87. The lowest BCUT2D eigenvalue weighted by Crippen LogP contribution is -2.26. The molecular formula is C19H14FN3O4. The number of nitrogens with one attached hydrogen (secondary N) is 1. The molecule has 0 unspecified atom stereocenters. The van der Waals surface area contributed by atoms with Gasteiger partial charge in [0.1, 0.15) is 11.5 Å². The number of anilines is 1. The van der Waals surface area contributed by atoms with E-state index in [0.29, 0.717) is 22.7 Å². The summed E-state index contributed by atoms with van der Waals surface area (Å²) >= 11 is 0. The topological polar surface area (TPSA) is 82.5 Å². The van der Waals surface area contributed by atoms with Gasteiger partial charge in [0.2, 0.25) is 6.79 Å². The molecule has 0 fully saturated rings. The molecule has 1 N–H and O–H groups in total. The maximum atomic E-state index is 13.3. The summed E-state index contributed by atoms with van der Waals surface area (Å²) in [5, 5.41) is 6.77. The first-order chi connectivity index (χ1) is 13.1. The fraction of sp³-hybridized carbons (Fsp3) is 0.105. The third kappa shape index (κ3) is 3.64. The van der Waals surface area contributed by atoms with Gasteiger partial charge in [0.25, 0.3) is 11.5 Å². The van der Waals surface area contributed by atoms with Crippen molar-refractivity contribution < 1.29 is 18.7 Å². The third-order valence-corrected chi connectivity index (χ3v) is 3.95. The molecule has 7 nitrogen and oxygen atoms in total. The molecule has 1 aliphatic rings. The van der Waals surface area contributed by atoms with E-state index in [1.807, 2.05) is 0 Å². The predicted octanol–water partition coefficient (Wildman–Crippen LogP) is 2.41. The van der Waals surface area contributed by atoms with Crippen molar-refractivity contribution in [1.29, 1.82) is 0 Å². The summed E-state index contributed by atoms with van der Waals surface area (Å²) in [4.78, 5) is 24.5. The minimum Gasteiger partial charge on any atom is -0.454 e. The van der Waals surface area contributed by atoms with Crippen LogP contribution in [0.3, 0.4) is 0 Å². The molecule has 0 bridgehead atoms. The molecule has 2 aromatic carbocycles. The van der Waals surface area contributed by atoms with Gasteiger partial charge < -0.3 is 14.8 Å². The lowest BCUT2D eigenvalue weighted by Gasteiger charge is -2.08. The van der Waals surface area contributed by atoms with Crippen LogP contribution in [-0.2, 0) is 6.54 Å². The molecule has 4 rings (SSSR count). The van der Waals surface area contributed by atoms with E-state index < -0.39 is 11.7 Å². The standard InChI is InChI=1S/C19H14FN3O4/c20-13-3-1-2-12(8-13)10-23-18(24)7-5-15(22-23)19(25)21-14-4-6-16-17(9-14)27-11-26-16/h1-9H,10-11H2,(H,21,25). The van der Waals surface area contributed by atoms with Crippen molar-refractivity contribution in [3.63, 3.8) is 0 Å². The number of fused-ring (bicyclic) bond motifs is 1. The molecule has 0 radical (unpaired) electrons. The zero-order valence-corrected chi connectivity index (χ0v) is 14.0. The summed E-state index contributed by atoms with van der Waals surface area (Å²) in [6.45, 7) is 0.196. The number of carbonyl (C=O) groups is 1. The first kappa shape index (κ1) is 16.8. The van der Waals surface area contributed by atoms with Crippen LogP contribution in [0, 0.1) is 5.82 Å². The number of rotatable bonds is 4.